The van der Waals surface area contributed by atoms with E-state index < -0.39 is 5.82 Å². The third kappa shape index (κ3) is 1.89. The lowest BCUT2D eigenvalue weighted by atomic mass is 10.2. The normalized spacial score (nSPS) is 10.1. The summed E-state index contributed by atoms with van der Waals surface area (Å²) < 4.78 is 12.9. The van der Waals surface area contributed by atoms with Crippen LogP contribution >= 0.6 is 11.6 Å². The summed E-state index contributed by atoms with van der Waals surface area (Å²) in [5.41, 5.74) is 2.20. The Morgan fingerprint density at radius 2 is 2.27 bits per heavy atom. The predicted molar refractivity (Wildman–Crippen MR) is 40.0 cm³/mol. The molecule has 0 aliphatic rings. The molecule has 1 rings (SSSR count). The van der Waals surface area contributed by atoms with Crippen molar-refractivity contribution in [3.05, 3.63) is 34.6 Å². The molecule has 0 heterocycles. The number of hydroxylamine groups is 1. The van der Waals surface area contributed by atoms with Crippen molar-refractivity contribution in [3.8, 4) is 0 Å². The van der Waals surface area contributed by atoms with E-state index in [-0.39, 0.29) is 11.6 Å². The lowest BCUT2D eigenvalue weighted by molar-refractivity contribution is 0.160. The molecule has 0 fully saturated rings. The molecule has 0 spiro atoms. The monoisotopic (exact) mass is 175 g/mol. The van der Waals surface area contributed by atoms with Crippen molar-refractivity contribution in [2.24, 2.45) is 0 Å². The summed E-state index contributed by atoms with van der Waals surface area (Å²) in [5.74, 6) is -0.490. The average molecular weight is 176 g/mol. The smallest absolute Gasteiger partial charge is 0.146 e. The molecule has 0 aliphatic carbocycles. The molecule has 4 heteroatoms. The lowest BCUT2D eigenvalue weighted by Crippen LogP contribution is -2.07. The maximum atomic E-state index is 12.9. The molecule has 0 amide bonds. The van der Waals surface area contributed by atoms with E-state index >= 15 is 0 Å². The van der Waals surface area contributed by atoms with Gasteiger partial charge in [0.2, 0.25) is 0 Å². The minimum absolute atomic E-state index is 0.0619. The van der Waals surface area contributed by atoms with E-state index in [4.69, 9.17) is 16.8 Å². The highest BCUT2D eigenvalue weighted by molar-refractivity contribution is 6.30. The highest BCUT2D eigenvalue weighted by Crippen LogP contribution is 2.17. The molecule has 1 aromatic carbocycles. The van der Waals surface area contributed by atoms with Gasteiger partial charge in [0.25, 0.3) is 0 Å². The number of hydrogen-bond donors (Lipinski definition) is 2. The van der Waals surface area contributed by atoms with Crippen LogP contribution in [0.2, 0.25) is 5.02 Å². The maximum absolute atomic E-state index is 12.9. The van der Waals surface area contributed by atoms with Gasteiger partial charge in [0.05, 0.1) is 5.02 Å². The largest absolute Gasteiger partial charge is 0.316 e. The fourth-order valence-electron chi connectivity index (χ4n) is 0.770. The van der Waals surface area contributed by atoms with Gasteiger partial charge in [-0.15, -0.1) is 0 Å². The topological polar surface area (TPSA) is 32.3 Å². The Labute approximate surface area is 68.6 Å². The number of benzene rings is 1. The molecule has 11 heavy (non-hydrogen) atoms. The van der Waals surface area contributed by atoms with E-state index in [1.807, 2.05) is 5.48 Å². The minimum atomic E-state index is -0.490. The summed E-state index contributed by atoms with van der Waals surface area (Å²) in [5, 5.41) is 8.34. The van der Waals surface area contributed by atoms with Gasteiger partial charge in [-0.25, -0.2) is 9.87 Å². The first kappa shape index (κ1) is 8.46. The SMILES string of the molecule is ONCc1cccc(Cl)c1F. The van der Waals surface area contributed by atoms with Crippen LogP contribution < -0.4 is 5.48 Å². The van der Waals surface area contributed by atoms with Gasteiger partial charge in [0, 0.05) is 12.1 Å². The van der Waals surface area contributed by atoms with Crippen LogP contribution in [0.5, 0.6) is 0 Å². The average Bonchev–Trinajstić information content (AvgIpc) is 1.99. The minimum Gasteiger partial charge on any atom is -0.316 e. The van der Waals surface area contributed by atoms with Crippen molar-refractivity contribution >= 4 is 11.6 Å². The number of halogens is 2. The second kappa shape index (κ2) is 3.67. The van der Waals surface area contributed by atoms with Gasteiger partial charge in [0.1, 0.15) is 5.82 Å². The number of hydrogen-bond acceptors (Lipinski definition) is 2. The molecule has 0 aromatic heterocycles. The van der Waals surface area contributed by atoms with Gasteiger partial charge in [-0.1, -0.05) is 23.7 Å². The van der Waals surface area contributed by atoms with Crippen molar-refractivity contribution in [1.29, 1.82) is 0 Å². The van der Waals surface area contributed by atoms with Gasteiger partial charge in [0.15, 0.2) is 0 Å². The van der Waals surface area contributed by atoms with Gasteiger partial charge in [-0.3, -0.25) is 0 Å². The molecule has 0 saturated carbocycles. The number of nitrogens with one attached hydrogen (secondary N) is 1. The lowest BCUT2D eigenvalue weighted by Gasteiger charge is -2.01. The van der Waals surface area contributed by atoms with Gasteiger partial charge in [-0.05, 0) is 6.07 Å². The van der Waals surface area contributed by atoms with Gasteiger partial charge < -0.3 is 5.21 Å². The zero-order chi connectivity index (χ0) is 8.27. The Morgan fingerprint density at radius 3 is 2.91 bits per heavy atom. The molecular formula is C7H7ClFNO. The first-order chi connectivity index (χ1) is 5.25. The fourth-order valence-corrected chi connectivity index (χ4v) is 0.964. The Bertz CT molecular complexity index is 254. The van der Waals surface area contributed by atoms with Crippen molar-refractivity contribution in [3.63, 3.8) is 0 Å². The van der Waals surface area contributed by atoms with Crippen molar-refractivity contribution in [1.82, 2.24) is 5.48 Å². The van der Waals surface area contributed by atoms with E-state index in [2.05, 4.69) is 0 Å². The summed E-state index contributed by atoms with van der Waals surface area (Å²) in [6.45, 7) is 0.0619. The van der Waals surface area contributed by atoms with Crippen LogP contribution in [0.4, 0.5) is 4.39 Å². The molecule has 2 nitrogen and oxygen atoms in total. The van der Waals surface area contributed by atoms with Crippen LogP contribution in [0.25, 0.3) is 0 Å². The summed E-state index contributed by atoms with van der Waals surface area (Å²) in [6, 6.07) is 4.63. The Morgan fingerprint density at radius 1 is 1.55 bits per heavy atom. The number of rotatable bonds is 2. The van der Waals surface area contributed by atoms with E-state index in [1.165, 1.54) is 6.07 Å². The van der Waals surface area contributed by atoms with E-state index in [1.54, 1.807) is 12.1 Å². The van der Waals surface area contributed by atoms with Crippen molar-refractivity contribution in [2.75, 3.05) is 0 Å². The molecule has 0 saturated heterocycles. The molecule has 0 aliphatic heterocycles. The van der Waals surface area contributed by atoms with E-state index in [9.17, 15) is 4.39 Å². The van der Waals surface area contributed by atoms with Gasteiger partial charge >= 0.3 is 0 Å². The zero-order valence-electron chi connectivity index (χ0n) is 5.64. The molecule has 0 unspecified atom stereocenters. The Balaban J connectivity index is 2.96. The summed E-state index contributed by atoms with van der Waals surface area (Å²) in [4.78, 5) is 0. The first-order valence-corrected chi connectivity index (χ1v) is 3.43. The molecule has 0 bridgehead atoms. The fraction of sp³-hybridized carbons (Fsp3) is 0.143. The van der Waals surface area contributed by atoms with Crippen LogP contribution in [0.1, 0.15) is 5.56 Å². The third-order valence-electron chi connectivity index (χ3n) is 1.30. The second-order valence-electron chi connectivity index (χ2n) is 2.05. The Kier molecular flexibility index (Phi) is 2.82. The first-order valence-electron chi connectivity index (χ1n) is 3.05. The Hall–Kier alpha value is -0.640. The van der Waals surface area contributed by atoms with Crippen molar-refractivity contribution in [2.45, 2.75) is 6.54 Å². The predicted octanol–water partition coefficient (Wildman–Crippen LogP) is 1.96. The third-order valence-corrected chi connectivity index (χ3v) is 1.59. The second-order valence-corrected chi connectivity index (χ2v) is 2.46. The zero-order valence-corrected chi connectivity index (χ0v) is 6.40. The van der Waals surface area contributed by atoms with E-state index in [0.29, 0.717) is 5.56 Å². The van der Waals surface area contributed by atoms with E-state index in [0.717, 1.165) is 0 Å². The molecule has 0 radical (unpaired) electrons. The summed E-state index contributed by atoms with van der Waals surface area (Å²) in [7, 11) is 0. The molecule has 1 aromatic rings. The summed E-state index contributed by atoms with van der Waals surface area (Å²) >= 11 is 5.47. The van der Waals surface area contributed by atoms with Crippen LogP contribution in [-0.4, -0.2) is 5.21 Å². The summed E-state index contributed by atoms with van der Waals surface area (Å²) in [6.07, 6.45) is 0. The van der Waals surface area contributed by atoms with Gasteiger partial charge in [-0.2, -0.15) is 0 Å². The molecular weight excluding hydrogens is 169 g/mol. The van der Waals surface area contributed by atoms with Crippen LogP contribution in [0.3, 0.4) is 0 Å². The highest BCUT2D eigenvalue weighted by Gasteiger charge is 2.03. The van der Waals surface area contributed by atoms with Crippen LogP contribution in [0.15, 0.2) is 18.2 Å². The molecule has 60 valence electrons. The molecule has 2 N–H and O–H groups in total. The maximum Gasteiger partial charge on any atom is 0.146 e. The van der Waals surface area contributed by atoms with Crippen LogP contribution in [0, 0.1) is 5.82 Å². The van der Waals surface area contributed by atoms with Crippen molar-refractivity contribution < 1.29 is 9.60 Å². The standard InChI is InChI=1S/C7H7ClFNO/c8-6-3-1-2-5(4-10-11)7(6)9/h1-3,10-11H,4H2. The van der Waals surface area contributed by atoms with Crippen LogP contribution in [-0.2, 0) is 6.54 Å². The molecule has 0 atom stereocenters. The quantitative estimate of drug-likeness (QED) is 0.674. The highest BCUT2D eigenvalue weighted by atomic mass is 35.5.